The van der Waals surface area contributed by atoms with Crippen molar-refractivity contribution in [1.82, 2.24) is 15.0 Å². The molecule has 0 aliphatic heterocycles. The van der Waals surface area contributed by atoms with Gasteiger partial charge in [0, 0.05) is 65.0 Å². The first kappa shape index (κ1) is 12.2. The van der Waals surface area contributed by atoms with Crippen molar-refractivity contribution < 1.29 is 4.79 Å². The zero-order valence-corrected chi connectivity index (χ0v) is 10.6. The van der Waals surface area contributed by atoms with Crippen molar-refractivity contribution in [2.24, 2.45) is 0 Å². The van der Waals surface area contributed by atoms with Crippen molar-refractivity contribution in [3.63, 3.8) is 0 Å². The van der Waals surface area contributed by atoms with Crippen molar-refractivity contribution in [3.05, 3.63) is 67.0 Å². The minimum absolute atomic E-state index is 0.550. The molecule has 3 rings (SSSR count). The van der Waals surface area contributed by atoms with Crippen molar-refractivity contribution >= 4 is 6.29 Å². The minimum atomic E-state index is 0.550. The van der Waals surface area contributed by atoms with Crippen LogP contribution in [0.3, 0.4) is 0 Å². The second-order valence-corrected chi connectivity index (χ2v) is 4.33. The lowest BCUT2D eigenvalue weighted by Gasteiger charge is -2.05. The summed E-state index contributed by atoms with van der Waals surface area (Å²) >= 11 is 0. The van der Waals surface area contributed by atoms with Gasteiger partial charge in [0.05, 0.1) is 0 Å². The van der Waals surface area contributed by atoms with Gasteiger partial charge in [-0.3, -0.25) is 19.7 Å². The zero-order valence-electron chi connectivity index (χ0n) is 10.6. The Morgan fingerprint density at radius 3 is 2.10 bits per heavy atom. The summed E-state index contributed by atoms with van der Waals surface area (Å²) in [6, 6.07) is 7.67. The van der Waals surface area contributed by atoms with E-state index < -0.39 is 0 Å². The van der Waals surface area contributed by atoms with Gasteiger partial charge in [-0.1, -0.05) is 6.07 Å². The Labute approximate surface area is 116 Å². The largest absolute Gasteiger partial charge is 0.298 e. The summed E-state index contributed by atoms with van der Waals surface area (Å²) in [4.78, 5) is 23.2. The summed E-state index contributed by atoms with van der Waals surface area (Å²) in [5.74, 6) is 0. The molecule has 0 aliphatic rings. The van der Waals surface area contributed by atoms with Crippen LogP contribution >= 0.6 is 0 Å². The van der Waals surface area contributed by atoms with Gasteiger partial charge >= 0.3 is 0 Å². The van der Waals surface area contributed by atoms with Crippen molar-refractivity contribution in [2.45, 2.75) is 0 Å². The predicted octanol–water partition coefficient (Wildman–Crippen LogP) is 3.02. The van der Waals surface area contributed by atoms with Crippen LogP contribution in [0.15, 0.2) is 61.4 Å². The Balaban J connectivity index is 2.05. The van der Waals surface area contributed by atoms with Gasteiger partial charge < -0.3 is 0 Å². The SMILES string of the molecule is O=Cc1cncc(-c2cncc(-c3cccnc3)c2)c1. The van der Waals surface area contributed by atoms with E-state index >= 15 is 0 Å². The van der Waals surface area contributed by atoms with E-state index in [0.717, 1.165) is 28.5 Å². The van der Waals surface area contributed by atoms with Crippen LogP contribution in [-0.4, -0.2) is 21.2 Å². The molecule has 0 N–H and O–H groups in total. The Kier molecular flexibility index (Phi) is 3.29. The fraction of sp³-hybridized carbons (Fsp3) is 0. The summed E-state index contributed by atoms with van der Waals surface area (Å²) in [6.45, 7) is 0. The second kappa shape index (κ2) is 5.40. The number of pyridine rings is 3. The van der Waals surface area contributed by atoms with Gasteiger partial charge in [0.2, 0.25) is 0 Å². The summed E-state index contributed by atoms with van der Waals surface area (Å²) < 4.78 is 0. The lowest BCUT2D eigenvalue weighted by molar-refractivity contribution is 0.112. The summed E-state index contributed by atoms with van der Waals surface area (Å²) in [7, 11) is 0. The second-order valence-electron chi connectivity index (χ2n) is 4.33. The number of hydrogen-bond donors (Lipinski definition) is 0. The number of rotatable bonds is 3. The average Bonchev–Trinajstić information content (AvgIpc) is 2.56. The Morgan fingerprint density at radius 1 is 0.750 bits per heavy atom. The fourth-order valence-corrected chi connectivity index (χ4v) is 1.97. The first-order valence-electron chi connectivity index (χ1n) is 6.13. The molecule has 0 bridgehead atoms. The molecule has 0 aliphatic carbocycles. The van der Waals surface area contributed by atoms with Gasteiger partial charge in [0.25, 0.3) is 0 Å². The van der Waals surface area contributed by atoms with E-state index in [9.17, 15) is 4.79 Å². The third kappa shape index (κ3) is 2.44. The lowest BCUT2D eigenvalue weighted by Crippen LogP contribution is -1.88. The van der Waals surface area contributed by atoms with Crippen LogP contribution in [0.1, 0.15) is 10.4 Å². The van der Waals surface area contributed by atoms with Gasteiger partial charge in [-0.15, -0.1) is 0 Å². The number of nitrogens with zero attached hydrogens (tertiary/aromatic N) is 3. The van der Waals surface area contributed by atoms with Gasteiger partial charge in [0.1, 0.15) is 0 Å². The standard InChI is InChI=1S/C16H11N3O/c20-11-12-4-14(8-18-6-12)16-5-15(9-19-10-16)13-2-1-3-17-7-13/h1-11H. The molecule has 0 spiro atoms. The molecular weight excluding hydrogens is 250 g/mol. The maximum atomic E-state index is 10.8. The van der Waals surface area contributed by atoms with Crippen LogP contribution in [0.25, 0.3) is 22.3 Å². The fourth-order valence-electron chi connectivity index (χ4n) is 1.97. The molecule has 0 atom stereocenters. The van der Waals surface area contributed by atoms with Crippen LogP contribution in [-0.2, 0) is 0 Å². The molecule has 3 aromatic rings. The molecule has 0 fully saturated rings. The van der Waals surface area contributed by atoms with Crippen LogP contribution < -0.4 is 0 Å². The number of hydrogen-bond acceptors (Lipinski definition) is 4. The topological polar surface area (TPSA) is 55.7 Å². The van der Waals surface area contributed by atoms with Gasteiger partial charge in [-0.05, 0) is 18.2 Å². The maximum Gasteiger partial charge on any atom is 0.151 e. The highest BCUT2D eigenvalue weighted by molar-refractivity contribution is 5.78. The van der Waals surface area contributed by atoms with Crippen molar-refractivity contribution in [3.8, 4) is 22.3 Å². The number of carbonyl (C=O) groups is 1. The molecule has 0 radical (unpaired) electrons. The van der Waals surface area contributed by atoms with Gasteiger partial charge in [-0.25, -0.2) is 0 Å². The third-order valence-electron chi connectivity index (χ3n) is 2.96. The van der Waals surface area contributed by atoms with Crippen LogP contribution in [0.2, 0.25) is 0 Å². The molecule has 3 aromatic heterocycles. The predicted molar refractivity (Wildman–Crippen MR) is 76.1 cm³/mol. The maximum absolute atomic E-state index is 10.8. The molecule has 0 unspecified atom stereocenters. The quantitative estimate of drug-likeness (QED) is 0.680. The molecule has 0 saturated carbocycles. The average molecular weight is 261 g/mol. The van der Waals surface area contributed by atoms with E-state index in [0.29, 0.717) is 5.56 Å². The molecule has 0 amide bonds. The Bertz CT molecular complexity index is 741. The molecule has 0 aromatic carbocycles. The molecule has 4 heteroatoms. The number of aldehydes is 1. The van der Waals surface area contributed by atoms with Crippen molar-refractivity contribution in [1.29, 1.82) is 0 Å². The minimum Gasteiger partial charge on any atom is -0.298 e. The van der Waals surface area contributed by atoms with Crippen LogP contribution in [0.4, 0.5) is 0 Å². The van der Waals surface area contributed by atoms with Crippen molar-refractivity contribution in [2.75, 3.05) is 0 Å². The molecule has 0 saturated heterocycles. The number of aromatic nitrogens is 3. The first-order valence-corrected chi connectivity index (χ1v) is 6.13. The van der Waals surface area contributed by atoms with E-state index in [1.165, 1.54) is 6.20 Å². The van der Waals surface area contributed by atoms with Crippen LogP contribution in [0.5, 0.6) is 0 Å². The van der Waals surface area contributed by atoms with E-state index in [1.807, 2.05) is 18.2 Å². The normalized spacial score (nSPS) is 10.2. The lowest BCUT2D eigenvalue weighted by atomic mass is 10.0. The van der Waals surface area contributed by atoms with Gasteiger partial charge in [0.15, 0.2) is 6.29 Å². The monoisotopic (exact) mass is 261 g/mol. The van der Waals surface area contributed by atoms with Gasteiger partial charge in [-0.2, -0.15) is 0 Å². The Hall–Kier alpha value is -2.88. The van der Waals surface area contributed by atoms with E-state index in [4.69, 9.17) is 0 Å². The molecule has 4 nitrogen and oxygen atoms in total. The van der Waals surface area contributed by atoms with E-state index in [-0.39, 0.29) is 0 Å². The molecule has 20 heavy (non-hydrogen) atoms. The summed E-state index contributed by atoms with van der Waals surface area (Å²) in [5.41, 5.74) is 4.32. The smallest absolute Gasteiger partial charge is 0.151 e. The molecule has 3 heterocycles. The summed E-state index contributed by atoms with van der Waals surface area (Å²) in [5, 5.41) is 0. The highest BCUT2D eigenvalue weighted by Gasteiger charge is 2.03. The first-order chi connectivity index (χ1) is 9.86. The third-order valence-corrected chi connectivity index (χ3v) is 2.96. The highest BCUT2D eigenvalue weighted by Crippen LogP contribution is 2.24. The van der Waals surface area contributed by atoms with E-state index in [2.05, 4.69) is 15.0 Å². The zero-order chi connectivity index (χ0) is 13.8. The van der Waals surface area contributed by atoms with E-state index in [1.54, 1.807) is 37.1 Å². The molecule has 96 valence electrons. The Morgan fingerprint density at radius 2 is 1.40 bits per heavy atom. The van der Waals surface area contributed by atoms with Crippen LogP contribution in [0, 0.1) is 0 Å². The molecular formula is C16H11N3O. The highest BCUT2D eigenvalue weighted by atomic mass is 16.1. The number of carbonyl (C=O) groups excluding carboxylic acids is 1. The summed E-state index contributed by atoms with van der Waals surface area (Å²) in [6.07, 6.45) is 11.1.